The van der Waals surface area contributed by atoms with E-state index >= 15 is 0 Å². The van der Waals surface area contributed by atoms with Crippen molar-refractivity contribution < 1.29 is 4.74 Å². The van der Waals surface area contributed by atoms with E-state index in [9.17, 15) is 0 Å². The van der Waals surface area contributed by atoms with E-state index in [1.165, 1.54) is 0 Å². The third-order valence-corrected chi connectivity index (χ3v) is 4.09. The van der Waals surface area contributed by atoms with Gasteiger partial charge >= 0.3 is 0 Å². The molecule has 3 rings (SSSR count). The van der Waals surface area contributed by atoms with E-state index in [4.69, 9.17) is 10.5 Å². The molecule has 0 amide bonds. The Hall–Kier alpha value is -2.34. The Balaban J connectivity index is 1.82. The molecule has 0 saturated heterocycles. The van der Waals surface area contributed by atoms with Crippen molar-refractivity contribution in [3.63, 3.8) is 0 Å². The zero-order chi connectivity index (χ0) is 14.8. The van der Waals surface area contributed by atoms with Crippen LogP contribution in [0.25, 0.3) is 10.2 Å². The third kappa shape index (κ3) is 2.90. The molecule has 0 spiro atoms. The molecule has 3 aromatic rings. The molecule has 2 heterocycles. The molecule has 1 aromatic carbocycles. The van der Waals surface area contributed by atoms with Crippen LogP contribution in [-0.4, -0.2) is 17.1 Å². The number of aromatic nitrogens is 2. The van der Waals surface area contributed by atoms with Crippen molar-refractivity contribution in [2.24, 2.45) is 0 Å². The summed E-state index contributed by atoms with van der Waals surface area (Å²) in [6, 6.07) is 7.80. The van der Waals surface area contributed by atoms with E-state index in [-0.39, 0.29) is 0 Å². The lowest BCUT2D eigenvalue weighted by Crippen LogP contribution is -2.03. The number of thiazole rings is 1. The first-order chi connectivity index (χ1) is 10.2. The van der Waals surface area contributed by atoms with Gasteiger partial charge < -0.3 is 15.8 Å². The molecule has 0 bridgehead atoms. The van der Waals surface area contributed by atoms with Gasteiger partial charge in [0.05, 0.1) is 33.7 Å². The summed E-state index contributed by atoms with van der Waals surface area (Å²) in [4.78, 5) is 8.58. The Kier molecular flexibility index (Phi) is 3.62. The first-order valence-corrected chi connectivity index (χ1v) is 7.37. The van der Waals surface area contributed by atoms with Gasteiger partial charge in [-0.2, -0.15) is 0 Å². The number of hydrogen-bond donors (Lipinski definition) is 2. The largest absolute Gasteiger partial charge is 0.481 e. The Bertz CT molecular complexity index is 784. The number of pyridine rings is 1. The fourth-order valence-corrected chi connectivity index (χ4v) is 2.98. The van der Waals surface area contributed by atoms with Gasteiger partial charge in [0.25, 0.3) is 0 Å². The topological polar surface area (TPSA) is 73.1 Å². The van der Waals surface area contributed by atoms with Gasteiger partial charge in [-0.1, -0.05) is 0 Å². The van der Waals surface area contributed by atoms with Gasteiger partial charge in [0.1, 0.15) is 0 Å². The van der Waals surface area contributed by atoms with Crippen LogP contribution < -0.4 is 15.8 Å². The number of fused-ring (bicyclic) bond motifs is 1. The summed E-state index contributed by atoms with van der Waals surface area (Å²) in [7, 11) is 1.61. The zero-order valence-electron chi connectivity index (χ0n) is 11.9. The van der Waals surface area contributed by atoms with Crippen LogP contribution in [0.15, 0.2) is 30.5 Å². The number of ether oxygens (including phenoxy) is 1. The fourth-order valence-electron chi connectivity index (χ4n) is 2.13. The number of nitrogens with one attached hydrogen (secondary N) is 1. The maximum Gasteiger partial charge on any atom is 0.213 e. The number of nitrogens with zero attached hydrogens (tertiary/aromatic N) is 2. The molecule has 108 valence electrons. The van der Waals surface area contributed by atoms with Crippen molar-refractivity contribution in [2.45, 2.75) is 13.5 Å². The Morgan fingerprint density at radius 2 is 2.19 bits per heavy atom. The van der Waals surface area contributed by atoms with Crippen LogP contribution in [0.1, 0.15) is 10.6 Å². The number of aryl methyl sites for hydroxylation is 1. The molecule has 0 aliphatic carbocycles. The predicted octanol–water partition coefficient (Wildman–Crippen LogP) is 3.20. The van der Waals surface area contributed by atoms with Crippen LogP contribution in [0.2, 0.25) is 0 Å². The first kappa shape index (κ1) is 13.6. The highest BCUT2D eigenvalue weighted by Crippen LogP contribution is 2.30. The molecule has 0 radical (unpaired) electrons. The maximum absolute atomic E-state index is 6.10. The first-order valence-electron chi connectivity index (χ1n) is 6.55. The molecule has 21 heavy (non-hydrogen) atoms. The predicted molar refractivity (Wildman–Crippen MR) is 86.9 cm³/mol. The van der Waals surface area contributed by atoms with E-state index in [1.54, 1.807) is 24.6 Å². The number of anilines is 2. The lowest BCUT2D eigenvalue weighted by atomic mass is 10.2. The molecule has 2 aromatic heterocycles. The van der Waals surface area contributed by atoms with Gasteiger partial charge in [-0.25, -0.2) is 9.97 Å². The van der Waals surface area contributed by atoms with Crippen molar-refractivity contribution in [1.82, 2.24) is 9.97 Å². The van der Waals surface area contributed by atoms with Crippen LogP contribution in [0, 0.1) is 6.92 Å². The van der Waals surface area contributed by atoms with Crippen molar-refractivity contribution in [1.29, 1.82) is 0 Å². The molecule has 3 N–H and O–H groups in total. The molecular formula is C15H16N4OS. The molecule has 6 heteroatoms. The number of benzene rings is 1. The number of hydrogen-bond acceptors (Lipinski definition) is 6. The summed E-state index contributed by atoms with van der Waals surface area (Å²) in [5.41, 5.74) is 9.77. The van der Waals surface area contributed by atoms with Gasteiger partial charge in [0.15, 0.2) is 0 Å². The van der Waals surface area contributed by atoms with Gasteiger partial charge in [-0.15, -0.1) is 11.3 Å². The number of nitrogens with two attached hydrogens (primary N) is 1. The highest BCUT2D eigenvalue weighted by Gasteiger charge is 2.06. The fraction of sp³-hybridized carbons (Fsp3) is 0.200. The summed E-state index contributed by atoms with van der Waals surface area (Å²) in [6.45, 7) is 2.65. The molecule has 0 aliphatic rings. The Morgan fingerprint density at radius 3 is 3.00 bits per heavy atom. The SMILES string of the molecule is COc1cc(CNc2cc3nc(C)sc3cc2N)ccn1. The number of nitrogen functional groups attached to an aromatic ring is 1. The van der Waals surface area contributed by atoms with E-state index in [0.29, 0.717) is 12.4 Å². The standard InChI is InChI=1S/C15H16N4OS/c1-9-19-13-7-12(11(16)6-14(13)21-9)18-8-10-3-4-17-15(5-10)20-2/h3-7,18H,8,16H2,1-2H3. The Labute approximate surface area is 126 Å². The van der Waals surface area contributed by atoms with Crippen molar-refractivity contribution in [3.05, 3.63) is 41.0 Å². The second-order valence-corrected chi connectivity index (χ2v) is 5.93. The van der Waals surface area contributed by atoms with Gasteiger partial charge in [-0.3, -0.25) is 0 Å². The quantitative estimate of drug-likeness (QED) is 0.724. The molecule has 0 fully saturated rings. The molecule has 0 aliphatic heterocycles. The van der Waals surface area contributed by atoms with Crippen LogP contribution in [0.4, 0.5) is 11.4 Å². The highest BCUT2D eigenvalue weighted by molar-refractivity contribution is 7.18. The minimum absolute atomic E-state index is 0.604. The summed E-state index contributed by atoms with van der Waals surface area (Å²) in [6.07, 6.45) is 1.73. The molecule has 0 atom stereocenters. The zero-order valence-corrected chi connectivity index (χ0v) is 12.7. The smallest absolute Gasteiger partial charge is 0.213 e. The number of methoxy groups -OCH3 is 1. The van der Waals surface area contributed by atoms with Crippen LogP contribution in [0.3, 0.4) is 0 Å². The van der Waals surface area contributed by atoms with Crippen LogP contribution in [-0.2, 0) is 6.54 Å². The summed E-state index contributed by atoms with van der Waals surface area (Å²) < 4.78 is 6.23. The van der Waals surface area contributed by atoms with Gasteiger partial charge in [0, 0.05) is 18.8 Å². The van der Waals surface area contributed by atoms with Crippen molar-refractivity contribution in [3.8, 4) is 5.88 Å². The average Bonchev–Trinajstić information content (AvgIpc) is 2.84. The average molecular weight is 300 g/mol. The maximum atomic E-state index is 6.10. The second-order valence-electron chi connectivity index (χ2n) is 4.70. The van der Waals surface area contributed by atoms with Crippen molar-refractivity contribution in [2.75, 3.05) is 18.2 Å². The van der Waals surface area contributed by atoms with Crippen LogP contribution >= 0.6 is 11.3 Å². The number of rotatable bonds is 4. The van der Waals surface area contributed by atoms with E-state index < -0.39 is 0 Å². The van der Waals surface area contributed by atoms with E-state index in [2.05, 4.69) is 15.3 Å². The van der Waals surface area contributed by atoms with Crippen LogP contribution in [0.5, 0.6) is 5.88 Å². The summed E-state index contributed by atoms with van der Waals surface area (Å²) in [5, 5.41) is 4.38. The molecule has 5 nitrogen and oxygen atoms in total. The minimum atomic E-state index is 0.604. The monoisotopic (exact) mass is 300 g/mol. The Morgan fingerprint density at radius 1 is 1.33 bits per heavy atom. The van der Waals surface area contributed by atoms with E-state index in [0.717, 1.165) is 32.2 Å². The molecule has 0 saturated carbocycles. The molecular weight excluding hydrogens is 284 g/mol. The van der Waals surface area contributed by atoms with Gasteiger partial charge in [-0.05, 0) is 30.7 Å². The van der Waals surface area contributed by atoms with Crippen molar-refractivity contribution >= 4 is 32.9 Å². The second kappa shape index (κ2) is 5.57. The summed E-state index contributed by atoms with van der Waals surface area (Å²) in [5.74, 6) is 0.604. The lowest BCUT2D eigenvalue weighted by molar-refractivity contribution is 0.397. The third-order valence-electron chi connectivity index (χ3n) is 3.16. The summed E-state index contributed by atoms with van der Waals surface area (Å²) >= 11 is 1.65. The van der Waals surface area contributed by atoms with E-state index in [1.807, 2.05) is 31.2 Å². The minimum Gasteiger partial charge on any atom is -0.481 e. The van der Waals surface area contributed by atoms with Gasteiger partial charge in [0.2, 0.25) is 5.88 Å². The highest BCUT2D eigenvalue weighted by atomic mass is 32.1. The molecule has 0 unspecified atom stereocenters. The lowest BCUT2D eigenvalue weighted by Gasteiger charge is -2.10. The normalized spacial score (nSPS) is 10.8.